The van der Waals surface area contributed by atoms with Gasteiger partial charge in [0.2, 0.25) is 0 Å². The van der Waals surface area contributed by atoms with Gasteiger partial charge in [0.05, 0.1) is 16.6 Å². The van der Waals surface area contributed by atoms with E-state index in [2.05, 4.69) is 74.1 Å². The monoisotopic (exact) mass is 345 g/mol. The van der Waals surface area contributed by atoms with Crippen molar-refractivity contribution in [2.75, 3.05) is 5.73 Å². The molecule has 0 spiro atoms. The predicted molar refractivity (Wildman–Crippen MR) is 106 cm³/mol. The number of hydrogen-bond acceptors (Lipinski definition) is 4. The summed E-state index contributed by atoms with van der Waals surface area (Å²) in [5.41, 5.74) is 10.2. The van der Waals surface area contributed by atoms with Crippen LogP contribution in [0.2, 0.25) is 0 Å². The molecule has 0 aliphatic carbocycles. The van der Waals surface area contributed by atoms with Crippen LogP contribution in [0.15, 0.2) is 42.7 Å². The van der Waals surface area contributed by atoms with Gasteiger partial charge in [-0.3, -0.25) is 0 Å². The van der Waals surface area contributed by atoms with Crippen molar-refractivity contribution in [3.63, 3.8) is 0 Å². The zero-order chi connectivity index (χ0) is 18.5. The molecular weight excluding hydrogens is 322 g/mol. The van der Waals surface area contributed by atoms with E-state index in [9.17, 15) is 0 Å². The van der Waals surface area contributed by atoms with Crippen LogP contribution in [0.3, 0.4) is 0 Å². The second kappa shape index (κ2) is 5.80. The third-order valence-corrected chi connectivity index (χ3v) is 4.70. The Kier molecular flexibility index (Phi) is 3.68. The number of nitrogens with zero attached hydrogens (tertiary/aromatic N) is 4. The molecule has 0 atom stereocenters. The minimum absolute atomic E-state index is 0.184. The fourth-order valence-electron chi connectivity index (χ4n) is 3.51. The molecule has 26 heavy (non-hydrogen) atoms. The molecule has 2 aromatic heterocycles. The maximum absolute atomic E-state index is 6.18. The third-order valence-electron chi connectivity index (χ3n) is 4.70. The van der Waals surface area contributed by atoms with Gasteiger partial charge in [-0.05, 0) is 49.6 Å². The summed E-state index contributed by atoms with van der Waals surface area (Å²) in [6.07, 6.45) is 2.20. The van der Waals surface area contributed by atoms with E-state index in [-0.39, 0.29) is 5.54 Å². The van der Waals surface area contributed by atoms with Crippen LogP contribution < -0.4 is 5.73 Å². The Morgan fingerprint density at radius 2 is 1.85 bits per heavy atom. The average molecular weight is 345 g/mol. The minimum Gasteiger partial charge on any atom is -0.383 e. The molecule has 0 fully saturated rings. The summed E-state index contributed by atoms with van der Waals surface area (Å²) in [5, 5.41) is 8.24. The molecule has 4 aromatic rings. The quantitative estimate of drug-likeness (QED) is 0.591. The number of benzene rings is 2. The van der Waals surface area contributed by atoms with E-state index in [0.717, 1.165) is 16.7 Å². The second-order valence-corrected chi connectivity index (χ2v) is 7.80. The molecule has 4 rings (SSSR count). The summed E-state index contributed by atoms with van der Waals surface area (Å²) in [7, 11) is 0. The predicted octanol–water partition coefficient (Wildman–Crippen LogP) is 4.22. The standard InChI is InChI=1S/C21H23N5/c1-13-9-14(10-15-7-5-6-8-16(13)15)11-17-18-19(22)23-12-24-20(18)26(25-17)21(2,3)4/h5-10,12H,11H2,1-4H3,(H2,22,23,24). The van der Waals surface area contributed by atoms with Crippen molar-refractivity contribution in [2.45, 2.75) is 39.7 Å². The second-order valence-electron chi connectivity index (χ2n) is 7.80. The Hall–Kier alpha value is -2.95. The summed E-state index contributed by atoms with van der Waals surface area (Å²) < 4.78 is 1.95. The lowest BCUT2D eigenvalue weighted by atomic mass is 9.99. The number of nitrogens with two attached hydrogens (primary N) is 1. The van der Waals surface area contributed by atoms with Gasteiger partial charge in [-0.15, -0.1) is 0 Å². The van der Waals surface area contributed by atoms with Crippen molar-refractivity contribution in [3.05, 3.63) is 59.5 Å². The van der Waals surface area contributed by atoms with Gasteiger partial charge in [-0.25, -0.2) is 14.6 Å². The number of anilines is 1. The average Bonchev–Trinajstić information content (AvgIpc) is 2.95. The van der Waals surface area contributed by atoms with E-state index in [1.807, 2.05) is 4.68 Å². The lowest BCUT2D eigenvalue weighted by Gasteiger charge is -2.19. The Balaban J connectivity index is 1.88. The van der Waals surface area contributed by atoms with Crippen LogP contribution >= 0.6 is 0 Å². The summed E-state index contributed by atoms with van der Waals surface area (Å²) in [5.74, 6) is 0.484. The van der Waals surface area contributed by atoms with Crippen LogP contribution in [0.25, 0.3) is 21.8 Å². The molecule has 0 amide bonds. The Morgan fingerprint density at radius 3 is 2.62 bits per heavy atom. The number of nitrogen functional groups attached to an aromatic ring is 1. The molecule has 5 heteroatoms. The van der Waals surface area contributed by atoms with Gasteiger partial charge in [0, 0.05) is 6.42 Å². The molecule has 2 aromatic carbocycles. The molecule has 0 saturated heterocycles. The summed E-state index contributed by atoms with van der Waals surface area (Å²) in [4.78, 5) is 8.63. The summed E-state index contributed by atoms with van der Waals surface area (Å²) in [6.45, 7) is 8.49. The van der Waals surface area contributed by atoms with Crippen molar-refractivity contribution in [1.82, 2.24) is 19.7 Å². The summed E-state index contributed by atoms with van der Waals surface area (Å²) >= 11 is 0. The van der Waals surface area contributed by atoms with Gasteiger partial charge < -0.3 is 5.73 Å². The van der Waals surface area contributed by atoms with Gasteiger partial charge in [-0.1, -0.05) is 36.4 Å². The van der Waals surface area contributed by atoms with Gasteiger partial charge in [0.25, 0.3) is 0 Å². The zero-order valence-electron chi connectivity index (χ0n) is 15.6. The molecule has 0 aliphatic heterocycles. The van der Waals surface area contributed by atoms with Crippen LogP contribution in [0.4, 0.5) is 5.82 Å². The SMILES string of the molecule is Cc1cc(Cc2nn(C(C)(C)C)c3ncnc(N)c23)cc2ccccc12. The molecular formula is C21H23N5. The Labute approximate surface area is 152 Å². The van der Waals surface area contributed by atoms with E-state index >= 15 is 0 Å². The highest BCUT2D eigenvalue weighted by Crippen LogP contribution is 2.29. The lowest BCUT2D eigenvalue weighted by Crippen LogP contribution is -2.23. The number of hydrogen-bond donors (Lipinski definition) is 1. The van der Waals surface area contributed by atoms with Crippen LogP contribution in [0.5, 0.6) is 0 Å². The largest absolute Gasteiger partial charge is 0.383 e. The van der Waals surface area contributed by atoms with E-state index in [1.165, 1.54) is 28.2 Å². The molecule has 2 N–H and O–H groups in total. The van der Waals surface area contributed by atoms with Crippen molar-refractivity contribution in [1.29, 1.82) is 0 Å². The van der Waals surface area contributed by atoms with E-state index in [1.54, 1.807) is 0 Å². The van der Waals surface area contributed by atoms with E-state index < -0.39 is 0 Å². The first-order chi connectivity index (χ1) is 12.3. The van der Waals surface area contributed by atoms with Gasteiger partial charge in [0.15, 0.2) is 5.65 Å². The first-order valence-corrected chi connectivity index (χ1v) is 8.81. The van der Waals surface area contributed by atoms with Crippen LogP contribution in [-0.2, 0) is 12.0 Å². The maximum atomic E-state index is 6.18. The Morgan fingerprint density at radius 1 is 1.08 bits per heavy atom. The smallest absolute Gasteiger partial charge is 0.164 e. The molecule has 0 unspecified atom stereocenters. The van der Waals surface area contributed by atoms with Crippen molar-refractivity contribution in [2.24, 2.45) is 0 Å². The topological polar surface area (TPSA) is 69.6 Å². The zero-order valence-corrected chi connectivity index (χ0v) is 15.6. The highest BCUT2D eigenvalue weighted by molar-refractivity contribution is 5.89. The number of rotatable bonds is 2. The highest BCUT2D eigenvalue weighted by Gasteiger charge is 2.23. The highest BCUT2D eigenvalue weighted by atomic mass is 15.3. The molecule has 5 nitrogen and oxygen atoms in total. The Bertz CT molecular complexity index is 1120. The van der Waals surface area contributed by atoms with E-state index in [4.69, 9.17) is 10.8 Å². The lowest BCUT2D eigenvalue weighted by molar-refractivity contribution is 0.363. The van der Waals surface area contributed by atoms with Crippen molar-refractivity contribution < 1.29 is 0 Å². The molecule has 0 bridgehead atoms. The van der Waals surface area contributed by atoms with Crippen molar-refractivity contribution >= 4 is 27.6 Å². The molecule has 0 saturated carbocycles. The van der Waals surface area contributed by atoms with Gasteiger partial charge >= 0.3 is 0 Å². The molecule has 0 radical (unpaired) electrons. The fourth-order valence-corrected chi connectivity index (χ4v) is 3.51. The molecule has 0 aliphatic rings. The van der Waals surface area contributed by atoms with Crippen LogP contribution in [0.1, 0.15) is 37.6 Å². The number of fused-ring (bicyclic) bond motifs is 2. The maximum Gasteiger partial charge on any atom is 0.164 e. The van der Waals surface area contributed by atoms with Crippen LogP contribution in [0, 0.1) is 6.92 Å². The fraction of sp³-hybridized carbons (Fsp3) is 0.286. The molecule has 2 heterocycles. The van der Waals surface area contributed by atoms with Gasteiger partial charge in [-0.2, -0.15) is 5.10 Å². The van der Waals surface area contributed by atoms with Gasteiger partial charge in [0.1, 0.15) is 12.1 Å². The van der Waals surface area contributed by atoms with E-state index in [0.29, 0.717) is 12.2 Å². The normalized spacial score (nSPS) is 12.2. The minimum atomic E-state index is -0.184. The number of aromatic nitrogens is 4. The summed E-state index contributed by atoms with van der Waals surface area (Å²) in [6, 6.07) is 12.9. The van der Waals surface area contributed by atoms with Crippen LogP contribution in [-0.4, -0.2) is 19.7 Å². The number of aryl methyl sites for hydroxylation is 1. The third kappa shape index (κ3) is 2.69. The van der Waals surface area contributed by atoms with Crippen molar-refractivity contribution in [3.8, 4) is 0 Å². The molecule has 132 valence electrons. The first kappa shape index (κ1) is 16.5. The first-order valence-electron chi connectivity index (χ1n) is 8.81.